The minimum atomic E-state index is -1.87. The van der Waals surface area contributed by atoms with Crippen molar-refractivity contribution in [3.63, 3.8) is 0 Å². The SMILES string of the molecule is CC[C@H](C)[C@H](NC(=O)[C@H](C)NC(=O)[C@H](C)NC(=O)[C@@H](NC(=O)[C@H](CCC(N)=O)NC(=O)[C@H](C)NC(=O)[C@@H](NC(=O)[C@@H](NC(=O)[C@H](CC(C)C)NC(=O)[C@@H](NC(=O)[C@H](CCC(=O)O)NC(=O)CNC(=O)CN)[C@@H](C)O)[C@@H](C)O)C(C)C)C(C)C)C(=O)N[C@@H](C)C(=O)N[C@@H](C)C(=O)N[C@@H](C)C(=O)N[C@@H](CCC(=O)O)C(=O)N[C@@H](CCC(=O)O)C(=O)NCC(=O)NCC(=O)O. The normalized spacial score (nSPS) is 15.5. The van der Waals surface area contributed by atoms with E-state index in [4.69, 9.17) is 16.6 Å². The minimum absolute atomic E-state index is 0.169. The maximum Gasteiger partial charge on any atom is 0.322 e. The van der Waals surface area contributed by atoms with Crippen molar-refractivity contribution in [1.82, 2.24) is 101 Å². The third-order valence-corrected chi connectivity index (χ3v) is 18.9. The van der Waals surface area contributed by atoms with Gasteiger partial charge in [-0.25, -0.2) is 0 Å². The van der Waals surface area contributed by atoms with Gasteiger partial charge < -0.3 is 143 Å². The standard InChI is InChI=1S/C76H127N21O30/c1-17-34(8)58(74(125)87-37(11)63(114)82-35(9)61(112)83-38(12)64(115)90-46(21-25-54(108)109)68(119)91-43(19-23-52(104)105)67(118)81-28-50(102)80-30-55(110)111)95-66(117)40(14)84-62(113)36(10)85-72(123)56(32(4)5)93-70(121)45(18-22-48(78)100)89-65(116)39(13)86-73(124)57(33(6)7)94-76(127)60(42(16)99)97-71(122)47(26-31(2)3)92-75(126)59(41(15)98)96-69(120)44(20-24-53(106)107)88-51(103)29-79-49(101)27-77/h31-47,56-60,98-99H,17-30,77H2,1-16H3,(H2,78,100)(H,79,101)(H,80,102)(H,81,118)(H,82,114)(H,83,112)(H,84,113)(H,85,123)(H,86,124)(H,87,125)(H,88,103)(H,89,116)(H,90,115)(H,91,119)(H,92,126)(H,93,121)(H,94,127)(H,95,117)(H,96,120)(H,97,122)(H,104,105)(H,106,107)(H,108,109)(H,110,111)/t34-,35-,36-,37-,38-,39-,40-,41+,42+,43-,44-,45-,46-,47-,56-,57-,58-,59-,60-/m0/s1. The summed E-state index contributed by atoms with van der Waals surface area (Å²) in [5, 5.41) is 102. The van der Waals surface area contributed by atoms with Crippen LogP contribution < -0.4 is 112 Å². The number of aliphatic hydroxyl groups is 2. The summed E-state index contributed by atoms with van der Waals surface area (Å²) in [6.45, 7) is 19.0. The number of rotatable bonds is 59. The molecule has 29 N–H and O–H groups in total. The zero-order valence-electron chi connectivity index (χ0n) is 73.7. The molecule has 0 aromatic rings. The Kier molecular flexibility index (Phi) is 51.2. The van der Waals surface area contributed by atoms with E-state index in [1.54, 1.807) is 27.7 Å². The summed E-state index contributed by atoms with van der Waals surface area (Å²) in [4.78, 5) is 312. The van der Waals surface area contributed by atoms with E-state index >= 15 is 0 Å². The quantitative estimate of drug-likeness (QED) is 0.0269. The molecule has 0 aliphatic carbocycles. The van der Waals surface area contributed by atoms with Crippen molar-refractivity contribution in [2.75, 3.05) is 26.2 Å². The van der Waals surface area contributed by atoms with E-state index in [1.807, 2.05) is 5.32 Å². The number of nitrogens with two attached hydrogens (primary N) is 2. The number of amides is 20. The number of aliphatic carboxylic acids is 4. The highest BCUT2D eigenvalue weighted by molar-refractivity contribution is 6.02. The van der Waals surface area contributed by atoms with Gasteiger partial charge >= 0.3 is 23.9 Å². The van der Waals surface area contributed by atoms with Gasteiger partial charge in [-0.15, -0.1) is 0 Å². The number of carboxylic acids is 4. The molecule has 127 heavy (non-hydrogen) atoms. The molecular formula is C76H127N21O30. The molecule has 0 saturated heterocycles. The highest BCUT2D eigenvalue weighted by Crippen LogP contribution is 2.15. The predicted molar refractivity (Wildman–Crippen MR) is 442 cm³/mol. The van der Waals surface area contributed by atoms with Gasteiger partial charge in [0.2, 0.25) is 118 Å². The van der Waals surface area contributed by atoms with Crippen LogP contribution in [0.3, 0.4) is 0 Å². The number of carboxylic acid groups (broad SMARTS) is 4. The Morgan fingerprint density at radius 2 is 0.535 bits per heavy atom. The van der Waals surface area contributed by atoms with Gasteiger partial charge in [0.15, 0.2) is 0 Å². The van der Waals surface area contributed by atoms with Crippen molar-refractivity contribution >= 4 is 142 Å². The number of carbonyl (C=O) groups excluding carboxylic acids is 20. The van der Waals surface area contributed by atoms with Crippen LogP contribution in [0.5, 0.6) is 0 Å². The summed E-state index contributed by atoms with van der Waals surface area (Å²) in [6, 6.07) is -25.3. The van der Waals surface area contributed by atoms with Crippen molar-refractivity contribution in [1.29, 1.82) is 0 Å². The van der Waals surface area contributed by atoms with Crippen molar-refractivity contribution in [2.45, 2.75) is 284 Å². The summed E-state index contributed by atoms with van der Waals surface area (Å²) in [7, 11) is 0. The van der Waals surface area contributed by atoms with Gasteiger partial charge in [-0.1, -0.05) is 61.8 Å². The third kappa shape index (κ3) is 44.1. The van der Waals surface area contributed by atoms with E-state index in [1.165, 1.54) is 62.3 Å². The number of hydrogen-bond donors (Lipinski definition) is 27. The van der Waals surface area contributed by atoms with Gasteiger partial charge in [-0.3, -0.25) is 115 Å². The summed E-state index contributed by atoms with van der Waals surface area (Å²) in [5.74, 6) is -28.7. The topological polar surface area (TPSA) is 812 Å². The molecular weight excluding hydrogens is 1690 g/mol. The summed E-state index contributed by atoms with van der Waals surface area (Å²) in [6.07, 6.45) is -8.16. The lowest BCUT2D eigenvalue weighted by Gasteiger charge is -2.30. The fraction of sp³-hybridized carbons (Fsp3) is 0.684. The predicted octanol–water partition coefficient (Wildman–Crippen LogP) is -10.7. The molecule has 0 aromatic carbocycles. The van der Waals surface area contributed by atoms with Crippen LogP contribution in [0, 0.1) is 23.7 Å². The highest BCUT2D eigenvalue weighted by atomic mass is 16.4. The monoisotopic (exact) mass is 1810 g/mol. The van der Waals surface area contributed by atoms with Crippen LogP contribution in [-0.2, 0) is 115 Å². The zero-order valence-corrected chi connectivity index (χ0v) is 73.7. The molecule has 0 saturated carbocycles. The van der Waals surface area contributed by atoms with Crippen LogP contribution in [0.15, 0.2) is 0 Å². The van der Waals surface area contributed by atoms with Crippen LogP contribution in [0.25, 0.3) is 0 Å². The Labute approximate surface area is 731 Å². The number of primary amides is 1. The average Bonchev–Trinajstić information content (AvgIpc) is 0.851. The summed E-state index contributed by atoms with van der Waals surface area (Å²) in [5.41, 5.74) is 10.6. The van der Waals surface area contributed by atoms with Crippen molar-refractivity contribution in [2.24, 2.45) is 35.1 Å². The second kappa shape index (κ2) is 56.9. The Hall–Kier alpha value is -12.8. The second-order valence-electron chi connectivity index (χ2n) is 31.3. The van der Waals surface area contributed by atoms with Crippen LogP contribution >= 0.6 is 0 Å². The minimum Gasteiger partial charge on any atom is -0.481 e. The molecule has 0 fully saturated rings. The maximum atomic E-state index is 14.1. The van der Waals surface area contributed by atoms with Crippen LogP contribution in [0.4, 0.5) is 0 Å². The molecule has 0 bridgehead atoms. The van der Waals surface area contributed by atoms with Gasteiger partial charge in [-0.2, -0.15) is 0 Å². The van der Waals surface area contributed by atoms with Crippen molar-refractivity contribution in [3.8, 4) is 0 Å². The van der Waals surface area contributed by atoms with E-state index in [2.05, 4.69) is 95.7 Å². The molecule has 716 valence electrons. The van der Waals surface area contributed by atoms with Gasteiger partial charge in [0.05, 0.1) is 31.8 Å². The molecule has 0 aliphatic rings. The molecule has 0 unspecified atom stereocenters. The first kappa shape index (κ1) is 114. The van der Waals surface area contributed by atoms with E-state index in [9.17, 15) is 141 Å². The fourth-order valence-corrected chi connectivity index (χ4v) is 11.2. The van der Waals surface area contributed by atoms with Crippen molar-refractivity contribution < 1.29 is 146 Å². The number of hydrogen-bond acceptors (Lipinski definition) is 27. The molecule has 0 aliphatic heterocycles. The van der Waals surface area contributed by atoms with Crippen molar-refractivity contribution in [3.05, 3.63) is 0 Å². The molecule has 19 atom stereocenters. The van der Waals surface area contributed by atoms with E-state index < -0.39 is 352 Å². The second-order valence-corrected chi connectivity index (χ2v) is 31.3. The Bertz CT molecular complexity index is 3920. The molecule has 0 radical (unpaired) electrons. The molecule has 0 aromatic heterocycles. The van der Waals surface area contributed by atoms with Crippen LogP contribution in [-0.4, -0.2) is 308 Å². The fourth-order valence-electron chi connectivity index (χ4n) is 11.2. The van der Waals surface area contributed by atoms with Gasteiger partial charge in [0, 0.05) is 25.7 Å². The summed E-state index contributed by atoms with van der Waals surface area (Å²) < 4.78 is 0. The van der Waals surface area contributed by atoms with Crippen LogP contribution in [0.1, 0.15) is 175 Å². The highest BCUT2D eigenvalue weighted by Gasteiger charge is 2.40. The average molecular weight is 1810 g/mol. The van der Waals surface area contributed by atoms with E-state index in [0.29, 0.717) is 0 Å². The largest absolute Gasteiger partial charge is 0.481 e. The molecule has 0 spiro atoms. The van der Waals surface area contributed by atoms with E-state index in [0.717, 1.165) is 20.8 Å². The van der Waals surface area contributed by atoms with Crippen LogP contribution in [0.2, 0.25) is 0 Å². The first-order chi connectivity index (χ1) is 58.9. The molecule has 20 amide bonds. The number of aliphatic hydroxyl groups excluding tert-OH is 2. The first-order valence-electron chi connectivity index (χ1n) is 40.8. The van der Waals surface area contributed by atoms with Gasteiger partial charge in [0.1, 0.15) is 103 Å². The first-order valence-corrected chi connectivity index (χ1v) is 40.8. The lowest BCUT2D eigenvalue weighted by Crippen LogP contribution is -2.63. The summed E-state index contributed by atoms with van der Waals surface area (Å²) >= 11 is 0. The molecule has 51 heteroatoms. The third-order valence-electron chi connectivity index (χ3n) is 18.9. The lowest BCUT2D eigenvalue weighted by molar-refractivity contribution is -0.140. The Morgan fingerprint density at radius 3 is 0.882 bits per heavy atom. The maximum absolute atomic E-state index is 14.1. The zero-order chi connectivity index (χ0) is 97.9. The molecule has 0 rings (SSSR count). The number of carbonyl (C=O) groups is 24. The Morgan fingerprint density at radius 1 is 0.268 bits per heavy atom. The molecule has 0 heterocycles. The smallest absolute Gasteiger partial charge is 0.322 e. The van der Waals surface area contributed by atoms with E-state index in [-0.39, 0.29) is 12.8 Å². The number of nitrogens with one attached hydrogen (secondary N) is 19. The van der Waals surface area contributed by atoms with Gasteiger partial charge in [-0.05, 0) is 111 Å². The Balaban J connectivity index is 6.26. The molecule has 51 nitrogen and oxygen atoms in total. The lowest BCUT2D eigenvalue weighted by atomic mass is 9.97. The van der Waals surface area contributed by atoms with Gasteiger partial charge in [0.25, 0.3) is 0 Å².